The van der Waals surface area contributed by atoms with Crippen molar-refractivity contribution in [2.75, 3.05) is 19.6 Å². The van der Waals surface area contributed by atoms with Gasteiger partial charge in [-0.05, 0) is 57.3 Å². The van der Waals surface area contributed by atoms with Crippen LogP contribution in [0.2, 0.25) is 0 Å². The lowest BCUT2D eigenvalue weighted by atomic mass is 9.99. The molecule has 2 heterocycles. The maximum Gasteiger partial charge on any atom is 0.118 e. The van der Waals surface area contributed by atoms with Crippen LogP contribution in [0.4, 0.5) is 0 Å². The SMILES string of the molecule is Cc1oc(CNCC(C)C)cc1CN1CCC(C)CC1. The predicted octanol–water partition coefficient (Wildman–Crippen LogP) is 3.57. The number of nitrogens with zero attached hydrogens (tertiary/aromatic N) is 1. The Hall–Kier alpha value is -0.800. The van der Waals surface area contributed by atoms with Crippen molar-refractivity contribution in [1.82, 2.24) is 10.2 Å². The number of nitrogens with one attached hydrogen (secondary N) is 1. The quantitative estimate of drug-likeness (QED) is 0.862. The van der Waals surface area contributed by atoms with Gasteiger partial charge in [-0.1, -0.05) is 20.8 Å². The zero-order chi connectivity index (χ0) is 14.5. The molecule has 1 N–H and O–H groups in total. The van der Waals surface area contributed by atoms with Gasteiger partial charge in [0.05, 0.1) is 6.54 Å². The van der Waals surface area contributed by atoms with E-state index in [1.807, 2.05) is 0 Å². The molecular weight excluding hydrogens is 248 g/mol. The first-order valence-corrected chi connectivity index (χ1v) is 8.06. The number of hydrogen-bond acceptors (Lipinski definition) is 3. The van der Waals surface area contributed by atoms with E-state index in [4.69, 9.17) is 4.42 Å². The Kier molecular flexibility index (Phi) is 5.67. The number of hydrogen-bond donors (Lipinski definition) is 1. The zero-order valence-corrected chi connectivity index (χ0v) is 13.5. The van der Waals surface area contributed by atoms with Gasteiger partial charge in [-0.15, -0.1) is 0 Å². The predicted molar refractivity (Wildman–Crippen MR) is 83.7 cm³/mol. The van der Waals surface area contributed by atoms with E-state index >= 15 is 0 Å². The Morgan fingerprint density at radius 2 is 2.05 bits per heavy atom. The van der Waals surface area contributed by atoms with E-state index in [-0.39, 0.29) is 0 Å². The van der Waals surface area contributed by atoms with Gasteiger partial charge >= 0.3 is 0 Å². The highest BCUT2D eigenvalue weighted by Gasteiger charge is 2.17. The average Bonchev–Trinajstić information content (AvgIpc) is 2.72. The molecular formula is C17H30N2O. The molecule has 1 aromatic heterocycles. The molecule has 114 valence electrons. The second kappa shape index (κ2) is 7.28. The lowest BCUT2D eigenvalue weighted by Gasteiger charge is -2.29. The fourth-order valence-electron chi connectivity index (χ4n) is 2.78. The minimum absolute atomic E-state index is 0.681. The number of rotatable bonds is 6. The molecule has 1 aliphatic heterocycles. The van der Waals surface area contributed by atoms with Crippen LogP contribution in [0.3, 0.4) is 0 Å². The maximum atomic E-state index is 5.87. The van der Waals surface area contributed by atoms with E-state index < -0.39 is 0 Å². The summed E-state index contributed by atoms with van der Waals surface area (Å²) in [5.74, 6) is 3.74. The van der Waals surface area contributed by atoms with Gasteiger partial charge in [0.25, 0.3) is 0 Å². The molecule has 0 aromatic carbocycles. The van der Waals surface area contributed by atoms with Crippen LogP contribution >= 0.6 is 0 Å². The summed E-state index contributed by atoms with van der Waals surface area (Å²) in [7, 11) is 0. The molecule has 3 nitrogen and oxygen atoms in total. The number of piperidine rings is 1. The summed E-state index contributed by atoms with van der Waals surface area (Å²) in [6.45, 7) is 14.3. The number of likely N-dealkylation sites (tertiary alicyclic amines) is 1. The third-order valence-electron chi connectivity index (χ3n) is 4.19. The van der Waals surface area contributed by atoms with Crippen molar-refractivity contribution in [1.29, 1.82) is 0 Å². The maximum absolute atomic E-state index is 5.87. The van der Waals surface area contributed by atoms with Crippen LogP contribution in [-0.4, -0.2) is 24.5 Å². The van der Waals surface area contributed by atoms with Gasteiger partial charge in [0.15, 0.2) is 0 Å². The first-order valence-electron chi connectivity index (χ1n) is 8.06. The first-order chi connectivity index (χ1) is 9.54. The normalized spacial score (nSPS) is 18.1. The third kappa shape index (κ3) is 4.64. The van der Waals surface area contributed by atoms with E-state index in [0.29, 0.717) is 5.92 Å². The Labute approximate surface area is 123 Å². The highest BCUT2D eigenvalue weighted by Crippen LogP contribution is 2.21. The Morgan fingerprint density at radius 3 is 2.70 bits per heavy atom. The molecule has 0 unspecified atom stereocenters. The van der Waals surface area contributed by atoms with Gasteiger partial charge in [-0.3, -0.25) is 4.90 Å². The highest BCUT2D eigenvalue weighted by atomic mass is 16.3. The Bertz CT molecular complexity index is 403. The molecule has 1 aliphatic rings. The largest absolute Gasteiger partial charge is 0.465 e. The molecule has 0 bridgehead atoms. The minimum atomic E-state index is 0.681. The fourth-order valence-corrected chi connectivity index (χ4v) is 2.78. The van der Waals surface area contributed by atoms with Crippen LogP contribution in [0.25, 0.3) is 0 Å². The molecule has 2 rings (SSSR count). The fraction of sp³-hybridized carbons (Fsp3) is 0.765. The van der Waals surface area contributed by atoms with Gasteiger partial charge in [0, 0.05) is 12.1 Å². The van der Waals surface area contributed by atoms with E-state index in [2.05, 4.69) is 44.0 Å². The molecule has 3 heteroatoms. The summed E-state index contributed by atoms with van der Waals surface area (Å²) in [6.07, 6.45) is 2.67. The minimum Gasteiger partial charge on any atom is -0.465 e. The van der Waals surface area contributed by atoms with Crippen molar-refractivity contribution >= 4 is 0 Å². The Balaban J connectivity index is 1.84. The van der Waals surface area contributed by atoms with Crippen LogP contribution in [0.1, 0.15) is 50.7 Å². The van der Waals surface area contributed by atoms with Crippen molar-refractivity contribution in [2.24, 2.45) is 11.8 Å². The van der Waals surface area contributed by atoms with Crippen molar-refractivity contribution < 1.29 is 4.42 Å². The van der Waals surface area contributed by atoms with Crippen molar-refractivity contribution in [3.8, 4) is 0 Å². The lowest BCUT2D eigenvalue weighted by Crippen LogP contribution is -2.32. The highest BCUT2D eigenvalue weighted by molar-refractivity contribution is 5.20. The second-order valence-corrected chi connectivity index (χ2v) is 6.78. The molecule has 1 fully saturated rings. The standard InChI is InChI=1S/C17H30N2O/c1-13(2)10-18-11-17-9-16(15(4)20-17)12-19-7-5-14(3)6-8-19/h9,13-14,18H,5-8,10-12H2,1-4H3. The molecule has 0 saturated carbocycles. The van der Waals surface area contributed by atoms with E-state index in [9.17, 15) is 0 Å². The van der Waals surface area contributed by atoms with Crippen molar-refractivity contribution in [3.63, 3.8) is 0 Å². The smallest absolute Gasteiger partial charge is 0.118 e. The molecule has 0 aliphatic carbocycles. The van der Waals surface area contributed by atoms with Crippen LogP contribution in [0.5, 0.6) is 0 Å². The second-order valence-electron chi connectivity index (χ2n) is 6.78. The molecule has 0 radical (unpaired) electrons. The zero-order valence-electron chi connectivity index (χ0n) is 13.5. The molecule has 0 amide bonds. The summed E-state index contributed by atoms with van der Waals surface area (Å²) in [6, 6.07) is 2.24. The summed E-state index contributed by atoms with van der Waals surface area (Å²) in [5.41, 5.74) is 1.36. The molecule has 0 atom stereocenters. The van der Waals surface area contributed by atoms with E-state index in [1.54, 1.807) is 0 Å². The van der Waals surface area contributed by atoms with E-state index in [0.717, 1.165) is 37.1 Å². The van der Waals surface area contributed by atoms with Crippen LogP contribution in [0.15, 0.2) is 10.5 Å². The average molecular weight is 278 g/mol. The first kappa shape index (κ1) is 15.6. The van der Waals surface area contributed by atoms with Crippen LogP contribution in [-0.2, 0) is 13.1 Å². The number of furan rings is 1. The molecule has 1 aromatic rings. The summed E-state index contributed by atoms with van der Waals surface area (Å²) >= 11 is 0. The molecule has 20 heavy (non-hydrogen) atoms. The third-order valence-corrected chi connectivity index (χ3v) is 4.19. The van der Waals surface area contributed by atoms with Crippen molar-refractivity contribution in [2.45, 2.75) is 53.6 Å². The van der Waals surface area contributed by atoms with Crippen LogP contribution in [0, 0.1) is 18.8 Å². The summed E-state index contributed by atoms with van der Waals surface area (Å²) < 4.78 is 5.87. The Morgan fingerprint density at radius 1 is 1.35 bits per heavy atom. The summed E-state index contributed by atoms with van der Waals surface area (Å²) in [4.78, 5) is 2.56. The topological polar surface area (TPSA) is 28.4 Å². The van der Waals surface area contributed by atoms with E-state index in [1.165, 1.54) is 31.5 Å². The van der Waals surface area contributed by atoms with Gasteiger partial charge < -0.3 is 9.73 Å². The monoisotopic (exact) mass is 278 g/mol. The molecule has 1 saturated heterocycles. The molecule has 0 spiro atoms. The lowest BCUT2D eigenvalue weighted by molar-refractivity contribution is 0.184. The van der Waals surface area contributed by atoms with Gasteiger partial charge in [-0.2, -0.15) is 0 Å². The van der Waals surface area contributed by atoms with Gasteiger partial charge in [0.1, 0.15) is 11.5 Å². The number of aryl methyl sites for hydroxylation is 1. The summed E-state index contributed by atoms with van der Waals surface area (Å²) in [5, 5.41) is 3.44. The van der Waals surface area contributed by atoms with Gasteiger partial charge in [0.2, 0.25) is 0 Å². The van der Waals surface area contributed by atoms with Crippen molar-refractivity contribution in [3.05, 3.63) is 23.2 Å². The van der Waals surface area contributed by atoms with Crippen LogP contribution < -0.4 is 5.32 Å². The van der Waals surface area contributed by atoms with Gasteiger partial charge in [-0.25, -0.2) is 0 Å².